The van der Waals surface area contributed by atoms with Crippen molar-refractivity contribution in [1.29, 1.82) is 5.26 Å². The van der Waals surface area contributed by atoms with Crippen LogP contribution in [-0.2, 0) is 9.59 Å². The Hall–Kier alpha value is -3.18. The number of benzene rings is 2. The van der Waals surface area contributed by atoms with Crippen molar-refractivity contribution < 1.29 is 19.1 Å². The van der Waals surface area contributed by atoms with Gasteiger partial charge in [-0.1, -0.05) is 0 Å². The third kappa shape index (κ3) is 4.75. The second-order valence-corrected chi connectivity index (χ2v) is 7.02. The average molecular weight is 397 g/mol. The largest absolute Gasteiger partial charge is 0.497 e. The lowest BCUT2D eigenvalue weighted by Crippen LogP contribution is -2.46. The molecule has 1 heterocycles. The second kappa shape index (κ2) is 9.15. The Kier molecular flexibility index (Phi) is 6.40. The molecule has 1 N–H and O–H groups in total. The van der Waals surface area contributed by atoms with Crippen molar-refractivity contribution in [3.63, 3.8) is 0 Å². The van der Waals surface area contributed by atoms with Gasteiger partial charge in [0.1, 0.15) is 17.5 Å². The number of ether oxygens (including phenoxy) is 2. The van der Waals surface area contributed by atoms with E-state index < -0.39 is 6.04 Å². The molecule has 1 fully saturated rings. The lowest BCUT2D eigenvalue weighted by atomic mass is 10.2. The fraction of sp³-hybridized carbons (Fsp3) is 0.250. The van der Waals surface area contributed by atoms with E-state index in [0.29, 0.717) is 34.4 Å². The number of nitrogens with zero attached hydrogens (tertiary/aromatic N) is 2. The highest BCUT2D eigenvalue weighted by atomic mass is 32.2. The van der Waals surface area contributed by atoms with E-state index in [4.69, 9.17) is 14.7 Å². The van der Waals surface area contributed by atoms with Gasteiger partial charge in [-0.15, -0.1) is 11.8 Å². The van der Waals surface area contributed by atoms with Gasteiger partial charge >= 0.3 is 0 Å². The maximum atomic E-state index is 12.6. The molecule has 0 bridgehead atoms. The van der Waals surface area contributed by atoms with Gasteiger partial charge in [-0.3, -0.25) is 9.59 Å². The molecule has 0 aliphatic carbocycles. The van der Waals surface area contributed by atoms with E-state index in [9.17, 15) is 9.59 Å². The minimum Gasteiger partial charge on any atom is -0.497 e. The molecular formula is C20H19N3O4S. The zero-order valence-electron chi connectivity index (χ0n) is 15.3. The van der Waals surface area contributed by atoms with Gasteiger partial charge in [0.05, 0.1) is 24.6 Å². The molecule has 1 unspecified atom stereocenters. The highest BCUT2D eigenvalue weighted by molar-refractivity contribution is 7.99. The summed E-state index contributed by atoms with van der Waals surface area (Å²) in [6, 6.07) is 15.0. The molecule has 7 nitrogen and oxygen atoms in total. The lowest BCUT2D eigenvalue weighted by molar-refractivity contribution is -0.137. The third-order valence-electron chi connectivity index (χ3n) is 4.21. The first kappa shape index (κ1) is 19.6. The number of nitriles is 1. The number of amides is 2. The third-order valence-corrected chi connectivity index (χ3v) is 5.22. The minimum atomic E-state index is -0.562. The first-order chi connectivity index (χ1) is 13.6. The van der Waals surface area contributed by atoms with Crippen LogP contribution in [0.1, 0.15) is 5.56 Å². The van der Waals surface area contributed by atoms with Gasteiger partial charge in [-0.2, -0.15) is 5.26 Å². The van der Waals surface area contributed by atoms with Gasteiger partial charge in [0.15, 0.2) is 6.61 Å². The first-order valence-electron chi connectivity index (χ1n) is 8.56. The van der Waals surface area contributed by atoms with Crippen LogP contribution in [0.25, 0.3) is 0 Å². The number of hydrogen-bond acceptors (Lipinski definition) is 6. The van der Waals surface area contributed by atoms with E-state index in [1.165, 1.54) is 16.7 Å². The summed E-state index contributed by atoms with van der Waals surface area (Å²) in [5, 5.41) is 11.6. The van der Waals surface area contributed by atoms with Crippen LogP contribution in [0.15, 0.2) is 48.5 Å². The smallest absolute Gasteiger partial charge is 0.261 e. The van der Waals surface area contributed by atoms with E-state index in [2.05, 4.69) is 5.32 Å². The molecule has 1 aliphatic heterocycles. The molecule has 2 aromatic rings. The van der Waals surface area contributed by atoms with Crippen LogP contribution in [0, 0.1) is 11.3 Å². The topological polar surface area (TPSA) is 91.7 Å². The molecular weight excluding hydrogens is 378 g/mol. The molecule has 1 saturated heterocycles. The molecule has 1 atom stereocenters. The second-order valence-electron chi connectivity index (χ2n) is 6.02. The predicted octanol–water partition coefficient (Wildman–Crippen LogP) is 2.49. The van der Waals surface area contributed by atoms with Gasteiger partial charge in [0.2, 0.25) is 5.91 Å². The van der Waals surface area contributed by atoms with Crippen molar-refractivity contribution >= 4 is 29.3 Å². The Bertz CT molecular complexity index is 878. The summed E-state index contributed by atoms with van der Waals surface area (Å²) in [5.74, 6) is 1.72. The van der Waals surface area contributed by atoms with E-state index in [1.54, 1.807) is 55.6 Å². The average Bonchev–Trinajstić information content (AvgIpc) is 3.23. The zero-order chi connectivity index (χ0) is 19.9. The standard InChI is InChI=1S/C20H19N3O4S/c1-26-16-6-8-17(9-7-16)27-11-19(24)23-13-28-12-18(23)20(25)22-15-4-2-14(10-21)3-5-15/h2-9,18H,11-13H2,1H3,(H,22,25). The molecule has 0 spiro atoms. The molecule has 2 amide bonds. The summed E-state index contributed by atoms with van der Waals surface area (Å²) in [4.78, 5) is 26.7. The van der Waals surface area contributed by atoms with Crippen LogP contribution >= 0.6 is 11.8 Å². The van der Waals surface area contributed by atoms with Crippen LogP contribution in [0.2, 0.25) is 0 Å². The van der Waals surface area contributed by atoms with E-state index in [1.807, 2.05) is 6.07 Å². The number of hydrogen-bond donors (Lipinski definition) is 1. The van der Waals surface area contributed by atoms with Crippen molar-refractivity contribution in [3.05, 3.63) is 54.1 Å². The highest BCUT2D eigenvalue weighted by Crippen LogP contribution is 2.23. The maximum Gasteiger partial charge on any atom is 0.261 e. The molecule has 1 aliphatic rings. The van der Waals surface area contributed by atoms with Crippen LogP contribution in [0.3, 0.4) is 0 Å². The Morgan fingerprint density at radius 3 is 2.50 bits per heavy atom. The Morgan fingerprint density at radius 1 is 1.18 bits per heavy atom. The number of methoxy groups -OCH3 is 1. The summed E-state index contributed by atoms with van der Waals surface area (Å²) in [6.45, 7) is -0.145. The normalized spacial score (nSPS) is 15.6. The van der Waals surface area contributed by atoms with Crippen LogP contribution < -0.4 is 14.8 Å². The lowest BCUT2D eigenvalue weighted by Gasteiger charge is -2.23. The SMILES string of the molecule is COc1ccc(OCC(=O)N2CSCC2C(=O)Nc2ccc(C#N)cc2)cc1. The maximum absolute atomic E-state index is 12.6. The number of thioether (sulfide) groups is 1. The summed E-state index contributed by atoms with van der Waals surface area (Å²) in [7, 11) is 1.58. The summed E-state index contributed by atoms with van der Waals surface area (Å²) in [5.41, 5.74) is 1.10. The predicted molar refractivity (Wildman–Crippen MR) is 106 cm³/mol. The first-order valence-corrected chi connectivity index (χ1v) is 9.71. The number of nitrogens with one attached hydrogen (secondary N) is 1. The Morgan fingerprint density at radius 2 is 1.86 bits per heavy atom. The van der Waals surface area contributed by atoms with Crippen molar-refractivity contribution in [3.8, 4) is 17.6 Å². The molecule has 3 rings (SSSR count). The van der Waals surface area contributed by atoms with Gasteiger partial charge in [-0.05, 0) is 48.5 Å². The van der Waals surface area contributed by atoms with Crippen molar-refractivity contribution in [2.75, 3.05) is 30.7 Å². The summed E-state index contributed by atoms with van der Waals surface area (Å²) >= 11 is 1.52. The molecule has 144 valence electrons. The summed E-state index contributed by atoms with van der Waals surface area (Å²) < 4.78 is 10.6. The van der Waals surface area contributed by atoms with Gasteiger partial charge in [-0.25, -0.2) is 0 Å². The van der Waals surface area contributed by atoms with E-state index in [-0.39, 0.29) is 18.4 Å². The van der Waals surface area contributed by atoms with Crippen LogP contribution in [0.4, 0.5) is 5.69 Å². The molecule has 8 heteroatoms. The van der Waals surface area contributed by atoms with Crippen LogP contribution in [0.5, 0.6) is 11.5 Å². The fourth-order valence-corrected chi connectivity index (χ4v) is 3.84. The van der Waals surface area contributed by atoms with Crippen molar-refractivity contribution in [2.24, 2.45) is 0 Å². The number of rotatable bonds is 6. The zero-order valence-corrected chi connectivity index (χ0v) is 16.1. The Labute approximate surface area is 167 Å². The quantitative estimate of drug-likeness (QED) is 0.805. The molecule has 0 aromatic heterocycles. The number of carbonyl (C=O) groups excluding carboxylic acids is 2. The van der Waals surface area contributed by atoms with Gasteiger partial charge in [0, 0.05) is 11.4 Å². The number of carbonyl (C=O) groups is 2. The van der Waals surface area contributed by atoms with Gasteiger partial charge in [0.25, 0.3) is 5.91 Å². The molecule has 2 aromatic carbocycles. The monoisotopic (exact) mass is 397 g/mol. The van der Waals surface area contributed by atoms with E-state index >= 15 is 0 Å². The molecule has 28 heavy (non-hydrogen) atoms. The highest BCUT2D eigenvalue weighted by Gasteiger charge is 2.34. The van der Waals surface area contributed by atoms with Crippen molar-refractivity contribution in [1.82, 2.24) is 4.90 Å². The van der Waals surface area contributed by atoms with E-state index in [0.717, 1.165) is 0 Å². The van der Waals surface area contributed by atoms with Crippen molar-refractivity contribution in [2.45, 2.75) is 6.04 Å². The summed E-state index contributed by atoms with van der Waals surface area (Å²) in [6.07, 6.45) is 0. The van der Waals surface area contributed by atoms with Crippen LogP contribution in [-0.4, -0.2) is 48.1 Å². The fourth-order valence-electron chi connectivity index (χ4n) is 2.66. The minimum absolute atomic E-state index is 0.145. The molecule has 0 radical (unpaired) electrons. The Balaban J connectivity index is 1.56. The molecule has 0 saturated carbocycles. The van der Waals surface area contributed by atoms with Gasteiger partial charge < -0.3 is 19.7 Å². The number of anilines is 1.